The van der Waals surface area contributed by atoms with Crippen molar-refractivity contribution in [1.29, 1.82) is 0 Å². The number of nitrogens with zero attached hydrogens (tertiary/aromatic N) is 4. The molecule has 0 spiro atoms. The van der Waals surface area contributed by atoms with Crippen LogP contribution in [-0.4, -0.2) is 83.0 Å². The van der Waals surface area contributed by atoms with Crippen LogP contribution < -0.4 is 0 Å². The Kier molecular flexibility index (Phi) is 5.65. The molecule has 2 atom stereocenters. The van der Waals surface area contributed by atoms with Crippen molar-refractivity contribution in [1.82, 2.24) is 19.7 Å². The summed E-state index contributed by atoms with van der Waals surface area (Å²) in [7, 11) is 2.05. The number of carboxylic acid groups (broad SMARTS) is 1. The van der Waals surface area contributed by atoms with Gasteiger partial charge in [-0.25, -0.2) is 0 Å². The summed E-state index contributed by atoms with van der Waals surface area (Å²) in [6.45, 7) is 4.85. The van der Waals surface area contributed by atoms with Gasteiger partial charge in [-0.3, -0.25) is 19.5 Å². The van der Waals surface area contributed by atoms with E-state index >= 15 is 0 Å². The number of piperazine rings is 1. The van der Waals surface area contributed by atoms with Crippen LogP contribution in [0.25, 0.3) is 0 Å². The Balaban J connectivity index is 1.67. The van der Waals surface area contributed by atoms with Crippen molar-refractivity contribution in [2.75, 3.05) is 46.3 Å². The fourth-order valence-corrected chi connectivity index (χ4v) is 3.68. The number of carbonyl (C=O) groups is 2. The highest BCUT2D eigenvalue weighted by Gasteiger charge is 2.37. The predicted molar refractivity (Wildman–Crippen MR) is 92.8 cm³/mol. The molecule has 0 bridgehead atoms. The number of carboxylic acids is 1. The van der Waals surface area contributed by atoms with E-state index in [2.05, 4.69) is 21.8 Å². The first-order chi connectivity index (χ1) is 12.0. The fourth-order valence-electron chi connectivity index (χ4n) is 3.68. The molecule has 3 rings (SSSR count). The smallest absolute Gasteiger partial charge is 0.307 e. The Hall–Kier alpha value is -1.99. The van der Waals surface area contributed by atoms with E-state index in [0.29, 0.717) is 26.1 Å². The lowest BCUT2D eigenvalue weighted by molar-refractivity contribution is -0.148. The monoisotopic (exact) mass is 346 g/mol. The minimum atomic E-state index is -0.818. The maximum atomic E-state index is 12.9. The molecule has 0 radical (unpaired) electrons. The van der Waals surface area contributed by atoms with E-state index in [1.165, 1.54) is 0 Å². The molecular formula is C18H26N4O3. The third kappa shape index (κ3) is 4.55. The number of aliphatic carboxylic acids is 1. The zero-order valence-corrected chi connectivity index (χ0v) is 14.7. The van der Waals surface area contributed by atoms with E-state index in [0.717, 1.165) is 31.9 Å². The number of piperidine rings is 1. The van der Waals surface area contributed by atoms with Crippen molar-refractivity contribution in [3.05, 3.63) is 30.1 Å². The third-order valence-corrected chi connectivity index (χ3v) is 5.15. The summed E-state index contributed by atoms with van der Waals surface area (Å²) in [5.74, 6) is -1.46. The van der Waals surface area contributed by atoms with Gasteiger partial charge in [0.25, 0.3) is 0 Å². The van der Waals surface area contributed by atoms with E-state index in [-0.39, 0.29) is 11.8 Å². The Morgan fingerprint density at radius 2 is 1.88 bits per heavy atom. The molecule has 0 unspecified atom stereocenters. The molecule has 7 heteroatoms. The zero-order chi connectivity index (χ0) is 17.8. The van der Waals surface area contributed by atoms with E-state index in [9.17, 15) is 14.7 Å². The van der Waals surface area contributed by atoms with Crippen molar-refractivity contribution in [2.24, 2.45) is 11.8 Å². The molecule has 25 heavy (non-hydrogen) atoms. The molecule has 2 aliphatic rings. The van der Waals surface area contributed by atoms with Gasteiger partial charge in [-0.1, -0.05) is 6.07 Å². The number of hydrogen-bond acceptors (Lipinski definition) is 5. The largest absolute Gasteiger partial charge is 0.481 e. The second-order valence-electron chi connectivity index (χ2n) is 7.11. The summed E-state index contributed by atoms with van der Waals surface area (Å²) in [5, 5.41) is 9.49. The number of carbonyl (C=O) groups excluding carboxylic acids is 1. The summed E-state index contributed by atoms with van der Waals surface area (Å²) in [6, 6.07) is 5.72. The van der Waals surface area contributed by atoms with Gasteiger partial charge in [-0.05, 0) is 25.6 Å². The highest BCUT2D eigenvalue weighted by molar-refractivity contribution is 5.80. The van der Waals surface area contributed by atoms with Crippen LogP contribution in [-0.2, 0) is 16.1 Å². The van der Waals surface area contributed by atoms with Gasteiger partial charge in [0.1, 0.15) is 0 Å². The first-order valence-electron chi connectivity index (χ1n) is 8.85. The molecule has 1 amide bonds. The van der Waals surface area contributed by atoms with Crippen LogP contribution in [0.15, 0.2) is 24.4 Å². The first-order valence-corrected chi connectivity index (χ1v) is 8.85. The molecule has 0 saturated carbocycles. The topological polar surface area (TPSA) is 77.0 Å². The van der Waals surface area contributed by atoms with Crippen molar-refractivity contribution in [2.45, 2.75) is 13.0 Å². The van der Waals surface area contributed by atoms with Crippen molar-refractivity contribution in [3.63, 3.8) is 0 Å². The van der Waals surface area contributed by atoms with Crippen molar-refractivity contribution in [3.8, 4) is 0 Å². The SMILES string of the molecule is CN1CCN(C(=O)[C@H]2C[C@H](C(=O)O)CN(Cc3ccccn3)C2)CC1. The second-order valence-corrected chi connectivity index (χ2v) is 7.11. The quantitative estimate of drug-likeness (QED) is 0.849. The molecule has 0 aromatic carbocycles. The molecule has 7 nitrogen and oxygen atoms in total. The minimum Gasteiger partial charge on any atom is -0.481 e. The highest BCUT2D eigenvalue weighted by atomic mass is 16.4. The average molecular weight is 346 g/mol. The maximum Gasteiger partial charge on any atom is 0.307 e. The van der Waals surface area contributed by atoms with Gasteiger partial charge < -0.3 is 14.9 Å². The predicted octanol–water partition coefficient (Wildman–Crippen LogP) is 0.378. The maximum absolute atomic E-state index is 12.9. The van der Waals surface area contributed by atoms with Crippen LogP contribution in [0.3, 0.4) is 0 Å². The Morgan fingerprint density at radius 1 is 1.16 bits per heavy atom. The lowest BCUT2D eigenvalue weighted by atomic mass is 9.88. The number of hydrogen-bond donors (Lipinski definition) is 1. The normalized spacial score (nSPS) is 25.7. The van der Waals surface area contributed by atoms with Crippen LogP contribution in [0, 0.1) is 11.8 Å². The molecule has 2 fully saturated rings. The summed E-state index contributed by atoms with van der Waals surface area (Å²) in [6.07, 6.45) is 2.17. The van der Waals surface area contributed by atoms with Crippen LogP contribution >= 0.6 is 0 Å². The van der Waals surface area contributed by atoms with Crippen molar-refractivity contribution < 1.29 is 14.7 Å². The lowest BCUT2D eigenvalue weighted by Crippen LogP contribution is -2.53. The number of rotatable bonds is 4. The zero-order valence-electron chi connectivity index (χ0n) is 14.7. The number of likely N-dealkylation sites (tertiary alicyclic amines) is 1. The summed E-state index contributed by atoms with van der Waals surface area (Å²) in [5.41, 5.74) is 0.902. The van der Waals surface area contributed by atoms with E-state index in [1.807, 2.05) is 23.1 Å². The van der Waals surface area contributed by atoms with Crippen LogP contribution in [0.1, 0.15) is 12.1 Å². The van der Waals surface area contributed by atoms with Gasteiger partial charge in [0.2, 0.25) is 5.91 Å². The van der Waals surface area contributed by atoms with E-state index in [4.69, 9.17) is 0 Å². The molecule has 2 aliphatic heterocycles. The molecule has 136 valence electrons. The molecule has 2 saturated heterocycles. The summed E-state index contributed by atoms with van der Waals surface area (Å²) in [4.78, 5) is 34.9. The lowest BCUT2D eigenvalue weighted by Gasteiger charge is -2.39. The minimum absolute atomic E-state index is 0.102. The molecule has 0 aliphatic carbocycles. The summed E-state index contributed by atoms with van der Waals surface area (Å²) >= 11 is 0. The fraction of sp³-hybridized carbons (Fsp3) is 0.611. The van der Waals surface area contributed by atoms with Crippen molar-refractivity contribution >= 4 is 11.9 Å². The molecule has 1 aromatic heterocycles. The first kappa shape index (κ1) is 17.8. The number of pyridine rings is 1. The Morgan fingerprint density at radius 3 is 2.52 bits per heavy atom. The van der Waals surface area contributed by atoms with E-state index in [1.54, 1.807) is 6.20 Å². The van der Waals surface area contributed by atoms with Crippen LogP contribution in [0.2, 0.25) is 0 Å². The highest BCUT2D eigenvalue weighted by Crippen LogP contribution is 2.25. The Bertz CT molecular complexity index is 602. The molecule has 1 N–H and O–H groups in total. The standard InChI is InChI=1S/C18H26N4O3/c1-20-6-8-22(9-7-20)17(23)14-10-15(18(24)25)12-21(11-14)13-16-4-2-3-5-19-16/h2-5,14-15H,6-13H2,1H3,(H,24,25)/t14-,15-/m0/s1. The van der Waals surface area contributed by atoms with Gasteiger partial charge in [0, 0.05) is 52.0 Å². The number of amides is 1. The number of aromatic nitrogens is 1. The summed E-state index contributed by atoms with van der Waals surface area (Å²) < 4.78 is 0. The third-order valence-electron chi connectivity index (χ3n) is 5.15. The van der Waals surface area contributed by atoms with Gasteiger partial charge in [-0.2, -0.15) is 0 Å². The van der Waals surface area contributed by atoms with Crippen LogP contribution in [0.5, 0.6) is 0 Å². The molecule has 1 aromatic rings. The molecular weight excluding hydrogens is 320 g/mol. The van der Waals surface area contributed by atoms with Gasteiger partial charge in [0.05, 0.1) is 17.5 Å². The van der Waals surface area contributed by atoms with Gasteiger partial charge in [-0.15, -0.1) is 0 Å². The van der Waals surface area contributed by atoms with E-state index < -0.39 is 11.9 Å². The number of likely N-dealkylation sites (N-methyl/N-ethyl adjacent to an activating group) is 1. The van der Waals surface area contributed by atoms with Gasteiger partial charge in [0.15, 0.2) is 0 Å². The van der Waals surface area contributed by atoms with Crippen LogP contribution in [0.4, 0.5) is 0 Å². The molecule has 3 heterocycles. The Labute approximate surface area is 148 Å². The second kappa shape index (κ2) is 7.93. The van der Waals surface area contributed by atoms with Gasteiger partial charge >= 0.3 is 5.97 Å². The average Bonchev–Trinajstić information content (AvgIpc) is 2.62.